The van der Waals surface area contributed by atoms with Crippen molar-refractivity contribution in [1.29, 1.82) is 0 Å². The molecule has 2 N–H and O–H groups in total. The number of aromatic nitrogens is 1. The van der Waals surface area contributed by atoms with Gasteiger partial charge in [-0.15, -0.1) is 0 Å². The zero-order valence-electron chi connectivity index (χ0n) is 8.01. The van der Waals surface area contributed by atoms with Crippen LogP contribution in [0.5, 0.6) is 5.75 Å². The van der Waals surface area contributed by atoms with Crippen molar-refractivity contribution in [2.75, 3.05) is 5.73 Å². The van der Waals surface area contributed by atoms with Gasteiger partial charge in [-0.2, -0.15) is 4.37 Å². The summed E-state index contributed by atoms with van der Waals surface area (Å²) in [5, 5.41) is 0.298. The number of nitrogens with two attached hydrogens (primary N) is 1. The summed E-state index contributed by atoms with van der Waals surface area (Å²) in [4.78, 5) is 11.6. The molecule has 0 saturated heterocycles. The highest BCUT2D eigenvalue weighted by Gasteiger charge is 2.14. The third-order valence-electron chi connectivity index (χ3n) is 1.84. The number of nitrogens with zero attached hydrogens (tertiary/aromatic N) is 1. The van der Waals surface area contributed by atoms with Crippen LogP contribution in [0.1, 0.15) is 10.4 Å². The van der Waals surface area contributed by atoms with Crippen molar-refractivity contribution in [3.05, 3.63) is 41.8 Å². The Morgan fingerprint density at radius 1 is 1.38 bits per heavy atom. The Balaban J connectivity index is 2.14. The van der Waals surface area contributed by atoms with Crippen molar-refractivity contribution < 1.29 is 13.9 Å². The number of hydrogen-bond donors (Lipinski definition) is 1. The lowest BCUT2D eigenvalue weighted by Crippen LogP contribution is -2.09. The summed E-state index contributed by atoms with van der Waals surface area (Å²) in [5.74, 6) is -0.730. The minimum Gasteiger partial charge on any atom is -0.423 e. The summed E-state index contributed by atoms with van der Waals surface area (Å²) >= 11 is 1.01. The number of ether oxygens (including phenoxy) is 1. The highest BCUT2D eigenvalue weighted by atomic mass is 32.1. The molecule has 0 aliphatic rings. The van der Waals surface area contributed by atoms with E-state index in [0.29, 0.717) is 5.00 Å². The Morgan fingerprint density at radius 2 is 2.06 bits per heavy atom. The fraction of sp³-hybridized carbons (Fsp3) is 0. The number of hydrogen-bond acceptors (Lipinski definition) is 5. The van der Waals surface area contributed by atoms with Crippen molar-refractivity contribution >= 4 is 22.5 Å². The molecule has 0 spiro atoms. The van der Waals surface area contributed by atoms with Gasteiger partial charge in [0.1, 0.15) is 22.1 Å². The van der Waals surface area contributed by atoms with E-state index >= 15 is 0 Å². The van der Waals surface area contributed by atoms with Gasteiger partial charge in [0.25, 0.3) is 0 Å². The van der Waals surface area contributed by atoms with Crippen molar-refractivity contribution in [2.45, 2.75) is 0 Å². The van der Waals surface area contributed by atoms with Crippen LogP contribution in [0.4, 0.5) is 9.39 Å². The van der Waals surface area contributed by atoms with Gasteiger partial charge in [-0.1, -0.05) is 0 Å². The molecule has 4 nitrogen and oxygen atoms in total. The Morgan fingerprint density at radius 3 is 2.62 bits per heavy atom. The minimum absolute atomic E-state index is 0.217. The van der Waals surface area contributed by atoms with E-state index in [-0.39, 0.29) is 11.3 Å². The SMILES string of the molecule is Nc1sncc1C(=O)Oc1ccc(F)cc1. The second-order valence-electron chi connectivity index (χ2n) is 2.95. The average molecular weight is 238 g/mol. The maximum atomic E-state index is 12.6. The van der Waals surface area contributed by atoms with Gasteiger partial charge in [0.05, 0.1) is 6.20 Å². The molecule has 0 atom stereocenters. The summed E-state index contributed by atoms with van der Waals surface area (Å²) in [5.41, 5.74) is 5.73. The predicted molar refractivity (Wildman–Crippen MR) is 57.9 cm³/mol. The fourth-order valence-electron chi connectivity index (χ4n) is 1.07. The van der Waals surface area contributed by atoms with E-state index in [9.17, 15) is 9.18 Å². The maximum Gasteiger partial charge on any atom is 0.348 e. The number of carbonyl (C=O) groups excluding carboxylic acids is 1. The highest BCUT2D eigenvalue weighted by molar-refractivity contribution is 7.10. The molecule has 1 heterocycles. The van der Waals surface area contributed by atoms with Crippen LogP contribution in [0.3, 0.4) is 0 Å². The van der Waals surface area contributed by atoms with Crippen LogP contribution in [0.15, 0.2) is 30.5 Å². The monoisotopic (exact) mass is 238 g/mol. The van der Waals surface area contributed by atoms with E-state index in [0.717, 1.165) is 11.5 Å². The van der Waals surface area contributed by atoms with Crippen LogP contribution in [-0.4, -0.2) is 10.3 Å². The quantitative estimate of drug-likeness (QED) is 0.642. The third kappa shape index (κ3) is 2.17. The molecule has 0 radical (unpaired) electrons. The fourth-order valence-corrected chi connectivity index (χ4v) is 1.57. The summed E-state index contributed by atoms with van der Waals surface area (Å²) in [6, 6.07) is 5.14. The zero-order valence-corrected chi connectivity index (χ0v) is 8.83. The minimum atomic E-state index is -0.599. The van der Waals surface area contributed by atoms with Crippen LogP contribution < -0.4 is 10.5 Å². The van der Waals surface area contributed by atoms with Gasteiger partial charge in [-0.05, 0) is 35.8 Å². The largest absolute Gasteiger partial charge is 0.423 e. The summed E-state index contributed by atoms with van der Waals surface area (Å²) in [6.07, 6.45) is 1.34. The van der Waals surface area contributed by atoms with E-state index < -0.39 is 11.8 Å². The first-order chi connectivity index (χ1) is 7.66. The summed E-state index contributed by atoms with van der Waals surface area (Å²) in [6.45, 7) is 0. The maximum absolute atomic E-state index is 12.6. The molecule has 0 bridgehead atoms. The van der Waals surface area contributed by atoms with E-state index in [4.69, 9.17) is 10.5 Å². The van der Waals surface area contributed by atoms with Gasteiger partial charge in [-0.25, -0.2) is 9.18 Å². The van der Waals surface area contributed by atoms with E-state index in [2.05, 4.69) is 4.37 Å². The van der Waals surface area contributed by atoms with Gasteiger partial charge in [0, 0.05) is 0 Å². The molecular weight excluding hydrogens is 231 g/mol. The Bertz CT molecular complexity index is 510. The van der Waals surface area contributed by atoms with Gasteiger partial charge >= 0.3 is 5.97 Å². The molecule has 2 rings (SSSR count). The summed E-state index contributed by atoms with van der Waals surface area (Å²) < 4.78 is 21.3. The van der Waals surface area contributed by atoms with Crippen LogP contribution in [-0.2, 0) is 0 Å². The van der Waals surface area contributed by atoms with Crippen LogP contribution in [0, 0.1) is 5.82 Å². The lowest BCUT2D eigenvalue weighted by atomic mass is 10.3. The van der Waals surface area contributed by atoms with Crippen molar-refractivity contribution in [3.8, 4) is 5.75 Å². The molecule has 1 aromatic carbocycles. The average Bonchev–Trinajstić information content (AvgIpc) is 2.68. The van der Waals surface area contributed by atoms with Crippen molar-refractivity contribution in [1.82, 2.24) is 4.37 Å². The molecule has 0 unspecified atom stereocenters. The first-order valence-corrected chi connectivity index (χ1v) is 5.12. The number of halogens is 1. The molecule has 0 aliphatic heterocycles. The Kier molecular flexibility index (Phi) is 2.82. The van der Waals surface area contributed by atoms with Gasteiger partial charge in [-0.3, -0.25) is 0 Å². The molecule has 82 valence electrons. The molecular formula is C10H7FN2O2S. The van der Waals surface area contributed by atoms with Crippen LogP contribution in [0.2, 0.25) is 0 Å². The normalized spacial score (nSPS) is 10.1. The molecule has 16 heavy (non-hydrogen) atoms. The van der Waals surface area contributed by atoms with Gasteiger partial charge < -0.3 is 10.5 Å². The number of benzene rings is 1. The second kappa shape index (κ2) is 4.28. The molecule has 0 amide bonds. The number of rotatable bonds is 2. The molecule has 0 fully saturated rings. The number of carbonyl (C=O) groups is 1. The molecule has 2 aromatic rings. The Hall–Kier alpha value is -1.95. The zero-order chi connectivity index (χ0) is 11.5. The van der Waals surface area contributed by atoms with Gasteiger partial charge in [0.15, 0.2) is 0 Å². The summed E-state index contributed by atoms with van der Waals surface area (Å²) in [7, 11) is 0. The van der Waals surface area contributed by atoms with Crippen molar-refractivity contribution in [3.63, 3.8) is 0 Å². The number of esters is 1. The smallest absolute Gasteiger partial charge is 0.348 e. The molecule has 0 aliphatic carbocycles. The second-order valence-corrected chi connectivity index (χ2v) is 3.78. The number of anilines is 1. The lowest BCUT2D eigenvalue weighted by Gasteiger charge is -2.02. The third-order valence-corrected chi connectivity index (χ3v) is 2.47. The standard InChI is InChI=1S/C10H7FN2O2S/c11-6-1-3-7(4-2-6)15-10(14)8-5-13-16-9(8)12/h1-5H,12H2. The predicted octanol–water partition coefficient (Wildman–Crippen LogP) is 2.08. The van der Waals surface area contributed by atoms with Gasteiger partial charge in [0.2, 0.25) is 0 Å². The van der Waals surface area contributed by atoms with E-state index in [1.54, 1.807) is 0 Å². The molecule has 6 heteroatoms. The topological polar surface area (TPSA) is 65.2 Å². The van der Waals surface area contributed by atoms with E-state index in [1.165, 1.54) is 30.5 Å². The number of nitrogen functional groups attached to an aromatic ring is 1. The highest BCUT2D eigenvalue weighted by Crippen LogP contribution is 2.19. The molecule has 0 saturated carbocycles. The first kappa shape index (κ1) is 10.6. The first-order valence-electron chi connectivity index (χ1n) is 4.34. The van der Waals surface area contributed by atoms with Crippen LogP contribution >= 0.6 is 11.5 Å². The molecule has 1 aromatic heterocycles. The Labute approximate surface area is 94.6 Å². The van der Waals surface area contributed by atoms with Crippen LogP contribution in [0.25, 0.3) is 0 Å². The van der Waals surface area contributed by atoms with Crippen molar-refractivity contribution in [2.24, 2.45) is 0 Å². The van der Waals surface area contributed by atoms with E-state index in [1.807, 2.05) is 0 Å². The lowest BCUT2D eigenvalue weighted by molar-refractivity contribution is 0.0736.